The van der Waals surface area contributed by atoms with Gasteiger partial charge in [0.05, 0.1) is 12.2 Å². The summed E-state index contributed by atoms with van der Waals surface area (Å²) in [5.74, 6) is -0.0662. The first kappa shape index (κ1) is 19.0. The lowest BCUT2D eigenvalue weighted by Crippen LogP contribution is -2.32. The number of anilines is 1. The number of ether oxygens (including phenoxy) is 2. The van der Waals surface area contributed by atoms with Crippen LogP contribution in [0.15, 0.2) is 30.3 Å². The molecule has 0 aliphatic carbocycles. The Morgan fingerprint density at radius 1 is 1.16 bits per heavy atom. The second-order valence-corrected chi connectivity index (χ2v) is 6.75. The van der Waals surface area contributed by atoms with Gasteiger partial charge in [0.2, 0.25) is 0 Å². The molecule has 1 atom stereocenters. The number of carbonyl (C=O) groups is 2. The number of carbonyl (C=O) groups excluding carboxylic acids is 2. The summed E-state index contributed by atoms with van der Waals surface area (Å²) in [6, 6.07) is 9.20. The maximum atomic E-state index is 12.6. The zero-order chi connectivity index (χ0) is 18.4. The van der Waals surface area contributed by atoms with Gasteiger partial charge in [-0.15, -0.1) is 11.3 Å². The van der Waals surface area contributed by atoms with Gasteiger partial charge >= 0.3 is 5.97 Å². The molecular formula is C19H23NO4S. The Morgan fingerprint density at radius 2 is 1.84 bits per heavy atom. The van der Waals surface area contributed by atoms with Gasteiger partial charge in [0.15, 0.2) is 6.10 Å². The minimum absolute atomic E-state index is 0.279. The molecule has 2 rings (SSSR count). The van der Waals surface area contributed by atoms with Crippen LogP contribution in [-0.4, -0.2) is 24.6 Å². The molecule has 6 heteroatoms. The number of thiophene rings is 1. The molecule has 2 aromatic rings. The summed E-state index contributed by atoms with van der Waals surface area (Å²) in [6.07, 6.45) is -0.126. The number of esters is 1. The first-order chi connectivity index (χ1) is 12.0. The van der Waals surface area contributed by atoms with Crippen molar-refractivity contribution in [1.82, 2.24) is 0 Å². The van der Waals surface area contributed by atoms with Gasteiger partial charge in [-0.1, -0.05) is 25.1 Å². The largest absolute Gasteiger partial charge is 0.481 e. The van der Waals surface area contributed by atoms with E-state index in [0.29, 0.717) is 22.7 Å². The fourth-order valence-corrected chi connectivity index (χ4v) is 3.39. The van der Waals surface area contributed by atoms with Crippen LogP contribution in [0.2, 0.25) is 0 Å². The van der Waals surface area contributed by atoms with Crippen LogP contribution in [-0.2, 0) is 9.53 Å². The molecule has 5 nitrogen and oxygen atoms in total. The molecule has 0 saturated carbocycles. The Balaban J connectivity index is 2.18. The molecule has 0 saturated heterocycles. The number of rotatable bonds is 7. The molecule has 0 fully saturated rings. The Labute approximate surface area is 152 Å². The Morgan fingerprint density at radius 3 is 2.44 bits per heavy atom. The lowest BCUT2D eigenvalue weighted by Gasteiger charge is -2.17. The van der Waals surface area contributed by atoms with Gasteiger partial charge in [0.25, 0.3) is 5.91 Å². The highest BCUT2D eigenvalue weighted by atomic mass is 32.1. The summed E-state index contributed by atoms with van der Waals surface area (Å²) >= 11 is 1.37. The minimum Gasteiger partial charge on any atom is -0.481 e. The van der Waals surface area contributed by atoms with Crippen LogP contribution in [0.4, 0.5) is 5.00 Å². The molecule has 0 unspecified atom stereocenters. The predicted octanol–water partition coefficient (Wildman–Crippen LogP) is 4.34. The van der Waals surface area contributed by atoms with Gasteiger partial charge < -0.3 is 14.8 Å². The molecule has 25 heavy (non-hydrogen) atoms. The van der Waals surface area contributed by atoms with Gasteiger partial charge in [0, 0.05) is 4.88 Å². The van der Waals surface area contributed by atoms with E-state index in [1.807, 2.05) is 39.0 Å². The first-order valence-corrected chi connectivity index (χ1v) is 9.09. The third-order valence-corrected chi connectivity index (χ3v) is 4.91. The zero-order valence-electron chi connectivity index (χ0n) is 14.9. The topological polar surface area (TPSA) is 64.6 Å². The van der Waals surface area contributed by atoms with E-state index < -0.39 is 12.1 Å². The highest BCUT2D eigenvalue weighted by molar-refractivity contribution is 7.16. The van der Waals surface area contributed by atoms with Crippen molar-refractivity contribution < 1.29 is 19.1 Å². The molecular weight excluding hydrogens is 338 g/mol. The highest BCUT2D eigenvalue weighted by Crippen LogP contribution is 2.33. The van der Waals surface area contributed by atoms with E-state index in [1.165, 1.54) is 11.3 Å². The molecule has 1 heterocycles. The summed E-state index contributed by atoms with van der Waals surface area (Å²) in [6.45, 7) is 7.69. The third kappa shape index (κ3) is 4.60. The van der Waals surface area contributed by atoms with Crippen LogP contribution in [0.3, 0.4) is 0 Å². The van der Waals surface area contributed by atoms with Gasteiger partial charge in [-0.05, 0) is 44.9 Å². The summed E-state index contributed by atoms with van der Waals surface area (Å²) in [7, 11) is 0. The second-order valence-electron chi connectivity index (χ2n) is 5.52. The van der Waals surface area contributed by atoms with E-state index in [0.717, 1.165) is 10.4 Å². The van der Waals surface area contributed by atoms with Crippen LogP contribution in [0.25, 0.3) is 0 Å². The van der Waals surface area contributed by atoms with E-state index in [-0.39, 0.29) is 12.5 Å². The van der Waals surface area contributed by atoms with Crippen LogP contribution < -0.4 is 10.1 Å². The average molecular weight is 361 g/mol. The smallest absolute Gasteiger partial charge is 0.341 e. The van der Waals surface area contributed by atoms with Gasteiger partial charge in [0.1, 0.15) is 10.8 Å². The fourth-order valence-electron chi connectivity index (χ4n) is 2.34. The number of nitrogens with one attached hydrogen (secondary N) is 1. The van der Waals surface area contributed by atoms with Crippen molar-refractivity contribution in [3.63, 3.8) is 0 Å². The van der Waals surface area contributed by atoms with Crippen LogP contribution in [0.1, 0.15) is 41.1 Å². The molecule has 0 bridgehead atoms. The van der Waals surface area contributed by atoms with E-state index >= 15 is 0 Å². The Kier molecular flexibility index (Phi) is 6.58. The quantitative estimate of drug-likeness (QED) is 0.745. The van der Waals surface area contributed by atoms with E-state index in [1.54, 1.807) is 19.1 Å². The average Bonchev–Trinajstić information content (AvgIpc) is 2.87. The summed E-state index contributed by atoms with van der Waals surface area (Å²) < 4.78 is 10.9. The zero-order valence-corrected chi connectivity index (χ0v) is 15.7. The van der Waals surface area contributed by atoms with Crippen molar-refractivity contribution in [2.45, 2.75) is 40.2 Å². The van der Waals surface area contributed by atoms with E-state index in [9.17, 15) is 9.59 Å². The maximum Gasteiger partial charge on any atom is 0.341 e. The van der Waals surface area contributed by atoms with Crippen molar-refractivity contribution in [3.05, 3.63) is 46.3 Å². The van der Waals surface area contributed by atoms with E-state index in [2.05, 4.69) is 5.32 Å². The molecule has 1 N–H and O–H groups in total. The van der Waals surface area contributed by atoms with E-state index in [4.69, 9.17) is 9.47 Å². The number of aryl methyl sites for hydroxylation is 1. The molecule has 0 aliphatic rings. The van der Waals surface area contributed by atoms with Gasteiger partial charge in [-0.25, -0.2) is 4.79 Å². The summed E-state index contributed by atoms with van der Waals surface area (Å²) in [5.41, 5.74) is 1.25. The number of amides is 1. The molecule has 1 aromatic carbocycles. The monoisotopic (exact) mass is 361 g/mol. The SMILES string of the molecule is CCOC(=O)c1c(NC(=O)[C@@H](CC)Oc2ccccc2)sc(C)c1C. The van der Waals surface area contributed by atoms with Crippen molar-refractivity contribution >= 4 is 28.2 Å². The summed E-state index contributed by atoms with van der Waals surface area (Å²) in [5, 5.41) is 3.34. The predicted molar refractivity (Wildman–Crippen MR) is 99.5 cm³/mol. The van der Waals surface area contributed by atoms with Crippen molar-refractivity contribution in [1.29, 1.82) is 0 Å². The molecule has 1 amide bonds. The number of hydrogen-bond donors (Lipinski definition) is 1. The first-order valence-electron chi connectivity index (χ1n) is 8.27. The molecule has 0 spiro atoms. The van der Waals surface area contributed by atoms with Gasteiger partial charge in [-0.2, -0.15) is 0 Å². The summed E-state index contributed by atoms with van der Waals surface area (Å²) in [4.78, 5) is 25.8. The van der Waals surface area contributed by atoms with Crippen LogP contribution in [0, 0.1) is 13.8 Å². The Hall–Kier alpha value is -2.34. The normalized spacial score (nSPS) is 11.7. The van der Waals surface area contributed by atoms with Gasteiger partial charge in [-0.3, -0.25) is 4.79 Å². The lowest BCUT2D eigenvalue weighted by atomic mass is 10.1. The van der Waals surface area contributed by atoms with Crippen molar-refractivity contribution in [2.75, 3.05) is 11.9 Å². The highest BCUT2D eigenvalue weighted by Gasteiger charge is 2.25. The minimum atomic E-state index is -0.639. The molecule has 1 aromatic heterocycles. The Bertz CT molecular complexity index is 739. The standard InChI is InChI=1S/C19H23NO4S/c1-5-15(24-14-10-8-7-9-11-14)17(21)20-18-16(19(22)23-6-2)12(3)13(4)25-18/h7-11,15H,5-6H2,1-4H3,(H,20,21)/t15-/m1/s1. The van der Waals surface area contributed by atoms with Crippen molar-refractivity contribution in [2.24, 2.45) is 0 Å². The second kappa shape index (κ2) is 8.67. The number of para-hydroxylation sites is 1. The number of benzene rings is 1. The molecule has 134 valence electrons. The number of hydrogen-bond acceptors (Lipinski definition) is 5. The molecule has 0 radical (unpaired) electrons. The maximum absolute atomic E-state index is 12.6. The van der Waals surface area contributed by atoms with Crippen LogP contribution >= 0.6 is 11.3 Å². The fraction of sp³-hybridized carbons (Fsp3) is 0.368. The molecule has 0 aliphatic heterocycles. The third-order valence-electron chi connectivity index (χ3n) is 3.79. The van der Waals surface area contributed by atoms with Crippen LogP contribution in [0.5, 0.6) is 5.75 Å². The van der Waals surface area contributed by atoms with Crippen molar-refractivity contribution in [3.8, 4) is 5.75 Å². The lowest BCUT2D eigenvalue weighted by molar-refractivity contribution is -0.122.